The van der Waals surface area contributed by atoms with Crippen LogP contribution in [0.4, 0.5) is 23.4 Å². The quantitative estimate of drug-likeness (QED) is 0.342. The van der Waals surface area contributed by atoms with Crippen molar-refractivity contribution in [1.82, 2.24) is 19.6 Å². The highest BCUT2D eigenvalue weighted by Gasteiger charge is 2.41. The molecule has 0 saturated heterocycles. The summed E-state index contributed by atoms with van der Waals surface area (Å²) in [5.41, 5.74) is -0.342. The van der Waals surface area contributed by atoms with Crippen molar-refractivity contribution in [3.63, 3.8) is 0 Å². The van der Waals surface area contributed by atoms with Crippen molar-refractivity contribution in [2.24, 2.45) is 0 Å². The van der Waals surface area contributed by atoms with E-state index in [0.29, 0.717) is 5.69 Å². The van der Waals surface area contributed by atoms with E-state index < -0.39 is 23.6 Å². The molecule has 0 spiro atoms. The highest BCUT2D eigenvalue weighted by molar-refractivity contribution is 9.10. The number of amides is 1. The largest absolute Gasteiger partial charge is 0.436 e. The molecule has 1 fully saturated rings. The summed E-state index contributed by atoms with van der Waals surface area (Å²) in [7, 11) is 0. The minimum Gasteiger partial charge on any atom is -0.308 e. The normalized spacial score (nSPS) is 14.0. The fraction of sp³-hybridized carbons (Fsp3) is 0.350. The van der Waals surface area contributed by atoms with Crippen LogP contribution in [0.15, 0.2) is 28.9 Å². The van der Waals surface area contributed by atoms with E-state index in [4.69, 9.17) is 23.2 Å². The second kappa shape index (κ2) is 9.27. The third kappa shape index (κ3) is 5.36. The van der Waals surface area contributed by atoms with Crippen LogP contribution in [-0.2, 0) is 24.1 Å². The van der Waals surface area contributed by atoms with Gasteiger partial charge in [-0.2, -0.15) is 23.4 Å². The van der Waals surface area contributed by atoms with Crippen LogP contribution < -0.4 is 5.32 Å². The van der Waals surface area contributed by atoms with Crippen LogP contribution in [0.2, 0.25) is 10.0 Å². The zero-order chi connectivity index (χ0) is 23.9. The van der Waals surface area contributed by atoms with Gasteiger partial charge in [0.2, 0.25) is 5.91 Å². The Morgan fingerprint density at radius 2 is 1.94 bits per heavy atom. The molecule has 13 heteroatoms. The molecule has 0 atom stereocenters. The van der Waals surface area contributed by atoms with Gasteiger partial charge in [-0.15, -0.1) is 0 Å². The number of halogens is 7. The van der Waals surface area contributed by atoms with E-state index in [9.17, 15) is 22.4 Å². The third-order valence-corrected chi connectivity index (χ3v) is 6.48. The smallest absolute Gasteiger partial charge is 0.308 e. The average molecular weight is 569 g/mol. The molecule has 4 rings (SSSR count). The molecular formula is C20H16BrCl2F4N5O. The van der Waals surface area contributed by atoms with Gasteiger partial charge in [-0.3, -0.25) is 14.2 Å². The van der Waals surface area contributed by atoms with E-state index in [-0.39, 0.29) is 51.3 Å². The van der Waals surface area contributed by atoms with Gasteiger partial charge in [0.1, 0.15) is 10.8 Å². The molecule has 1 aliphatic carbocycles. The fourth-order valence-electron chi connectivity index (χ4n) is 3.36. The van der Waals surface area contributed by atoms with Gasteiger partial charge in [0, 0.05) is 29.1 Å². The summed E-state index contributed by atoms with van der Waals surface area (Å²) in [4.78, 5) is 12.4. The van der Waals surface area contributed by atoms with Crippen molar-refractivity contribution >= 4 is 50.9 Å². The lowest BCUT2D eigenvalue weighted by molar-refractivity contribution is -0.142. The number of alkyl halides is 3. The number of carbonyl (C=O) groups is 1. The molecule has 0 radical (unpaired) electrons. The maximum atomic E-state index is 14.0. The molecule has 1 aliphatic rings. The van der Waals surface area contributed by atoms with Crippen molar-refractivity contribution in [2.45, 2.75) is 44.4 Å². The second-order valence-corrected chi connectivity index (χ2v) is 9.17. The molecule has 0 unspecified atom stereocenters. The monoisotopic (exact) mass is 567 g/mol. The summed E-state index contributed by atoms with van der Waals surface area (Å²) in [6.45, 7) is -0.0527. The Kier molecular flexibility index (Phi) is 6.75. The number of aryl methyl sites for hydroxylation is 1. The van der Waals surface area contributed by atoms with E-state index in [2.05, 4.69) is 31.4 Å². The zero-order valence-electron chi connectivity index (χ0n) is 16.8. The van der Waals surface area contributed by atoms with E-state index in [1.807, 2.05) is 0 Å². The molecule has 1 saturated carbocycles. The third-order valence-electron chi connectivity index (χ3n) is 5.07. The number of aromatic nitrogens is 4. The molecule has 6 nitrogen and oxygen atoms in total. The molecule has 176 valence electrons. The van der Waals surface area contributed by atoms with Crippen LogP contribution in [-0.4, -0.2) is 25.5 Å². The first kappa shape index (κ1) is 24.0. The minimum absolute atomic E-state index is 0.00657. The van der Waals surface area contributed by atoms with Gasteiger partial charge in [-0.05, 0) is 40.9 Å². The van der Waals surface area contributed by atoms with Gasteiger partial charge in [-0.1, -0.05) is 29.3 Å². The summed E-state index contributed by atoms with van der Waals surface area (Å²) in [6, 6.07) is 4.29. The summed E-state index contributed by atoms with van der Waals surface area (Å²) >= 11 is 15.2. The molecule has 33 heavy (non-hydrogen) atoms. The highest BCUT2D eigenvalue weighted by Crippen LogP contribution is 2.47. The van der Waals surface area contributed by atoms with Crippen molar-refractivity contribution in [1.29, 1.82) is 0 Å². The lowest BCUT2D eigenvalue weighted by atomic mass is 10.2. The number of benzene rings is 1. The lowest BCUT2D eigenvalue weighted by Crippen LogP contribution is -2.17. The maximum Gasteiger partial charge on any atom is 0.436 e. The lowest BCUT2D eigenvalue weighted by Gasteiger charge is -2.08. The molecule has 1 N–H and O–H groups in total. The van der Waals surface area contributed by atoms with E-state index in [0.717, 1.165) is 12.8 Å². The minimum atomic E-state index is -4.60. The molecule has 2 aromatic heterocycles. The second-order valence-electron chi connectivity index (χ2n) is 7.56. The van der Waals surface area contributed by atoms with Gasteiger partial charge < -0.3 is 5.32 Å². The summed E-state index contributed by atoms with van der Waals surface area (Å²) in [6.07, 6.45) is -1.80. The van der Waals surface area contributed by atoms with Gasteiger partial charge in [0.25, 0.3) is 0 Å². The Hall–Kier alpha value is -2.11. The van der Waals surface area contributed by atoms with Crippen LogP contribution >= 0.6 is 39.1 Å². The molecule has 1 aromatic carbocycles. The first-order valence-electron chi connectivity index (χ1n) is 9.83. The first-order chi connectivity index (χ1) is 15.5. The number of hydrogen-bond donors (Lipinski definition) is 1. The van der Waals surface area contributed by atoms with E-state index in [1.165, 1.54) is 27.7 Å². The number of rotatable bonds is 7. The number of nitrogens with one attached hydrogen (secondary N) is 1. The summed E-state index contributed by atoms with van der Waals surface area (Å²) < 4.78 is 56.1. The predicted octanol–water partition coefficient (Wildman–Crippen LogP) is 6.26. The topological polar surface area (TPSA) is 64.7 Å². The first-order valence-corrected chi connectivity index (χ1v) is 11.4. The Morgan fingerprint density at radius 3 is 2.58 bits per heavy atom. The van der Waals surface area contributed by atoms with E-state index >= 15 is 0 Å². The van der Waals surface area contributed by atoms with Gasteiger partial charge in [-0.25, -0.2) is 4.39 Å². The molecular weight excluding hydrogens is 553 g/mol. The molecule has 0 aliphatic heterocycles. The van der Waals surface area contributed by atoms with E-state index in [1.54, 1.807) is 6.07 Å². The Morgan fingerprint density at radius 1 is 1.21 bits per heavy atom. The van der Waals surface area contributed by atoms with Crippen LogP contribution in [0.3, 0.4) is 0 Å². The highest BCUT2D eigenvalue weighted by atomic mass is 79.9. The van der Waals surface area contributed by atoms with Crippen molar-refractivity contribution in [2.75, 3.05) is 5.32 Å². The van der Waals surface area contributed by atoms with Crippen molar-refractivity contribution in [3.05, 3.63) is 61.7 Å². The SMILES string of the molecule is O=C(CCn1nc(C(F)(F)F)c(Br)c1C1CC1)Nc1nn(Cc2c(F)cccc2Cl)cc1Cl. The van der Waals surface area contributed by atoms with Crippen LogP contribution in [0.1, 0.15) is 42.1 Å². The number of anilines is 1. The summed E-state index contributed by atoms with van der Waals surface area (Å²) in [5, 5.41) is 10.7. The van der Waals surface area contributed by atoms with Crippen LogP contribution in [0.25, 0.3) is 0 Å². The van der Waals surface area contributed by atoms with Gasteiger partial charge >= 0.3 is 6.18 Å². The molecule has 2 heterocycles. The molecule has 0 bridgehead atoms. The number of nitrogens with zero attached hydrogens (tertiary/aromatic N) is 4. The van der Waals surface area contributed by atoms with Crippen molar-refractivity contribution in [3.8, 4) is 0 Å². The van der Waals surface area contributed by atoms with Crippen LogP contribution in [0.5, 0.6) is 0 Å². The summed E-state index contributed by atoms with van der Waals surface area (Å²) in [5.74, 6) is -0.974. The maximum absolute atomic E-state index is 14.0. The predicted molar refractivity (Wildman–Crippen MR) is 118 cm³/mol. The van der Waals surface area contributed by atoms with Crippen molar-refractivity contribution < 1.29 is 22.4 Å². The van der Waals surface area contributed by atoms with Gasteiger partial charge in [0.05, 0.1) is 23.3 Å². The Labute approximate surface area is 204 Å². The zero-order valence-corrected chi connectivity index (χ0v) is 19.9. The number of carbonyl (C=O) groups excluding carboxylic acids is 1. The molecule has 3 aromatic rings. The van der Waals surface area contributed by atoms with Gasteiger partial charge in [0.15, 0.2) is 11.5 Å². The average Bonchev–Trinajstić information content (AvgIpc) is 3.41. The Bertz CT molecular complexity index is 1190. The fourth-order valence-corrected chi connectivity index (χ4v) is 4.61. The standard InChI is InChI=1S/C20H16BrCl2F4N5O/c21-16-17(10-4-5-10)32(29-18(16)20(25,26)27)7-6-15(33)28-19-13(23)9-31(30-19)8-11-12(22)2-1-3-14(11)24/h1-3,9-10H,4-8H2,(H,28,30,33). The number of hydrogen-bond acceptors (Lipinski definition) is 3. The Balaban J connectivity index is 1.43. The molecule has 1 amide bonds. The van der Waals surface area contributed by atoms with Crippen LogP contribution in [0, 0.1) is 5.82 Å².